The number of alkyl halides is 36. The van der Waals surface area contributed by atoms with Crippen LogP contribution >= 0.6 is 0 Å². The molecule has 2 N–H and O–H groups in total. The summed E-state index contributed by atoms with van der Waals surface area (Å²) in [5.41, 5.74) is -9.68. The van der Waals surface area contributed by atoms with Crippen molar-refractivity contribution in [2.45, 2.75) is 148 Å². The van der Waals surface area contributed by atoms with Gasteiger partial charge >= 0.3 is 95.8 Å². The molecule has 0 atom stereocenters. The van der Waals surface area contributed by atoms with Crippen LogP contribution in [-0.4, -0.2) is 116 Å². The smallest absolute Gasteiger partial charge is 0.354 e. The third-order valence-corrected chi connectivity index (χ3v) is 17.0. The molecule has 0 spiro atoms. The number of H-pyrrole nitrogens is 2. The van der Waals surface area contributed by atoms with Crippen LogP contribution in [-0.2, 0) is 26.2 Å². The van der Waals surface area contributed by atoms with Crippen LogP contribution in [0.15, 0.2) is 122 Å². The zero-order valence-corrected chi connectivity index (χ0v) is 52.8. The lowest BCUT2D eigenvalue weighted by Crippen LogP contribution is -2.61. The van der Waals surface area contributed by atoms with Gasteiger partial charge in [-0.25, -0.2) is 9.97 Å². The number of nitrogens with one attached hydrogen (secondary N) is 2. The average molecular weight is 1610 g/mol. The predicted octanol–water partition coefficient (Wildman–Crippen LogP) is 19.9. The molecule has 586 valence electrons. The summed E-state index contributed by atoms with van der Waals surface area (Å²) >= 11 is 0. The third kappa shape index (κ3) is 14.1. The van der Waals surface area contributed by atoms with Crippen LogP contribution in [0.1, 0.15) is 48.5 Å². The van der Waals surface area contributed by atoms with E-state index in [9.17, 15) is 123 Å². The first kappa shape index (κ1) is 82.7. The minimum Gasteiger partial charge on any atom is -0.354 e. The van der Waals surface area contributed by atoms with E-state index in [4.69, 9.17) is 0 Å². The number of halogens is 36. The predicted molar refractivity (Wildman–Crippen MR) is 303 cm³/mol. The Hall–Kier alpha value is -9.32. The van der Waals surface area contributed by atoms with E-state index in [1.807, 2.05) is 0 Å². The van der Waals surface area contributed by atoms with Gasteiger partial charge in [-0.05, 0) is 72.8 Å². The maximum Gasteiger partial charge on any atom is 0.460 e. The Morgan fingerprint density at radius 3 is 0.574 bits per heavy atom. The van der Waals surface area contributed by atoms with Gasteiger partial charge in [0.25, 0.3) is 0 Å². The van der Waals surface area contributed by atoms with Gasteiger partial charge in [0.15, 0.2) is 51.0 Å². The van der Waals surface area contributed by atoms with Gasteiger partial charge in [0.1, 0.15) is 0 Å². The van der Waals surface area contributed by atoms with Gasteiger partial charge in [-0.3, -0.25) is 0 Å². The number of aromatic amines is 2. The van der Waals surface area contributed by atoms with Crippen molar-refractivity contribution in [3.8, 4) is 45.0 Å². The lowest BCUT2D eigenvalue weighted by molar-refractivity contribution is -0.690. The highest BCUT2D eigenvalue weighted by molar-refractivity contribution is 5.98. The van der Waals surface area contributed by atoms with E-state index in [1.165, 1.54) is 0 Å². The minimum atomic E-state index is -7.43. The highest BCUT2D eigenvalue weighted by atomic mass is 19.5. The molecule has 0 saturated carbocycles. The zero-order chi connectivity index (χ0) is 81.0. The third-order valence-electron chi connectivity index (χ3n) is 17.0. The van der Waals surface area contributed by atoms with Crippen molar-refractivity contribution in [1.82, 2.24) is 19.9 Å². The lowest BCUT2D eigenvalue weighted by atomic mass is 10.0. The van der Waals surface area contributed by atoms with Crippen LogP contribution in [0.2, 0.25) is 0 Å². The molecule has 108 heavy (non-hydrogen) atoms. The number of rotatable bonds is 24. The van der Waals surface area contributed by atoms with Crippen molar-refractivity contribution in [3.05, 3.63) is 145 Å². The number of hydrogen-bond acceptors (Lipinski definition) is 2. The number of aromatic nitrogens is 8. The maximum atomic E-state index is 15.4. The molecule has 0 aliphatic carbocycles. The maximum absolute atomic E-state index is 15.4. The Bertz CT molecular complexity index is 4180. The second-order valence-electron chi connectivity index (χ2n) is 24.0. The monoisotopic (exact) mass is 1610 g/mol. The van der Waals surface area contributed by atoms with Gasteiger partial charge in [0.2, 0.25) is 22.8 Å². The molecule has 8 bridgehead atoms. The Morgan fingerprint density at radius 2 is 0.407 bits per heavy atom. The number of nitrogens with zero attached hydrogens (tertiary/aromatic N) is 6. The Balaban J connectivity index is 1.40. The molecular weight excluding hydrogens is 1560 g/mol. The zero-order valence-electron chi connectivity index (χ0n) is 52.8. The number of fused-ring (bicyclic) bond motifs is 8. The summed E-state index contributed by atoms with van der Waals surface area (Å²) in [7, 11) is 0. The van der Waals surface area contributed by atoms with E-state index in [-0.39, 0.29) is 0 Å². The van der Waals surface area contributed by atoms with Gasteiger partial charge in [-0.1, -0.05) is 0 Å². The van der Waals surface area contributed by atoms with Crippen molar-refractivity contribution in [2.24, 2.45) is 0 Å². The highest BCUT2D eigenvalue weighted by Gasteiger charge is 2.85. The average Bonchev–Trinajstić information content (AvgIpc) is 1.59. The molecule has 0 saturated heterocycles. The molecule has 7 aromatic rings. The van der Waals surface area contributed by atoms with E-state index in [0.29, 0.717) is 18.3 Å². The standard InChI is InChI=1S/C64H41F36N8/c65-49(66,53(73,74)57(81,82)61(89,90)91)21-29-105-25-5-1-9-41(105)45-33-13-15-35(101-33)46(42-10-2-6-26-106(42)30-22-50(67,68)54(75,76)58(83,84)62(92,93)94)37-17-19-39(103-37)48(44-12-4-8-28-108(44)32-24-52(71,72)56(79,80)60(87,88)64(98,99)100)40-20-18-38(104-40)47(36-16-14-34(45)102-36)43-11-3-7-27-107(43)31-23-51(69,70)55(77,78)59(85,86)63(95,96)97/h1-20,25-28H,21-24,29-32H2,(H,101,102,103,104)/q+3/p+1. The van der Waals surface area contributed by atoms with Crippen LogP contribution < -0.4 is 18.3 Å². The van der Waals surface area contributed by atoms with Crippen molar-refractivity contribution >= 4 is 46.4 Å². The molecular formula is C64H42F36N8+4. The largest absolute Gasteiger partial charge is 0.460 e. The van der Waals surface area contributed by atoms with Crippen LogP contribution in [0.25, 0.3) is 91.4 Å². The normalized spacial score (nSPS) is 14.7. The SMILES string of the molecule is FC(F)(F)C(F)(F)C(F)(F)C(F)(F)CC[n+]1ccccc1-c1c2nc(c(-c3cccc[n+]3CCC(F)(F)C(F)(F)C(F)(F)C(F)(F)F)c3ccc([nH]3)c(-c3cccc[n+]3CCC(F)(F)C(F)(F)C(F)(F)C(F)(F)F)c3nc(c(-c4cccc[n+]4CCC(F)(F)C(F)(F)C(F)(F)C(F)(F)F)c4ccc1[nH]4)C=C3)C=C2. The van der Waals surface area contributed by atoms with Gasteiger partial charge in [-0.2, -0.15) is 176 Å². The lowest BCUT2D eigenvalue weighted by Gasteiger charge is -2.33. The molecule has 7 aromatic heterocycles. The van der Waals surface area contributed by atoms with Gasteiger partial charge in [0, 0.05) is 48.5 Å². The Kier molecular flexibility index (Phi) is 21.0. The first-order valence-corrected chi connectivity index (χ1v) is 30.1. The second-order valence-corrected chi connectivity index (χ2v) is 24.0. The van der Waals surface area contributed by atoms with Gasteiger partial charge in [0.05, 0.1) is 92.8 Å². The summed E-state index contributed by atoms with van der Waals surface area (Å²) in [5.74, 6) is -83.9. The molecule has 8 nitrogen and oxygen atoms in total. The Morgan fingerprint density at radius 1 is 0.231 bits per heavy atom. The molecule has 0 fully saturated rings. The van der Waals surface area contributed by atoms with E-state index in [2.05, 4.69) is 19.9 Å². The van der Waals surface area contributed by atoms with Gasteiger partial charge in [-0.15, -0.1) is 0 Å². The molecule has 9 rings (SSSR count). The number of pyridine rings is 4. The summed E-state index contributed by atoms with van der Waals surface area (Å²) in [5, 5.41) is 0. The topological polar surface area (TPSA) is 72.9 Å². The van der Waals surface area contributed by atoms with Crippen molar-refractivity contribution in [3.63, 3.8) is 0 Å². The van der Waals surface area contributed by atoms with Crippen LogP contribution in [0.3, 0.4) is 0 Å². The molecule has 2 aliphatic heterocycles. The van der Waals surface area contributed by atoms with E-state index < -0.39 is 238 Å². The molecule has 0 aromatic carbocycles. The quantitative estimate of drug-likeness (QED) is 0.0467. The fourth-order valence-electron chi connectivity index (χ4n) is 11.2. The molecule has 0 radical (unpaired) electrons. The van der Waals surface area contributed by atoms with Crippen LogP contribution in [0, 0.1) is 0 Å². The van der Waals surface area contributed by atoms with E-state index in [0.717, 1.165) is 146 Å². The van der Waals surface area contributed by atoms with Crippen LogP contribution in [0.5, 0.6) is 0 Å². The summed E-state index contributed by atoms with van der Waals surface area (Å²) in [6.45, 7) is -6.81. The minimum absolute atomic E-state index is 0.500. The summed E-state index contributed by atoms with van der Waals surface area (Å²) in [4.78, 5) is 14.6. The van der Waals surface area contributed by atoms with Gasteiger partial charge < -0.3 is 9.97 Å². The molecule has 44 heteroatoms. The first-order valence-electron chi connectivity index (χ1n) is 30.1. The highest BCUT2D eigenvalue weighted by Crippen LogP contribution is 2.58. The molecule has 2 aliphatic rings. The van der Waals surface area contributed by atoms with Crippen LogP contribution in [0.4, 0.5) is 158 Å². The van der Waals surface area contributed by atoms with Crippen molar-refractivity contribution in [2.75, 3.05) is 0 Å². The fourth-order valence-corrected chi connectivity index (χ4v) is 11.2. The summed E-state index contributed by atoms with van der Waals surface area (Å²) < 4.78 is 518. The Labute approximate surface area is 578 Å². The molecule has 0 amide bonds. The van der Waals surface area contributed by atoms with E-state index >= 15 is 35.1 Å². The summed E-state index contributed by atoms with van der Waals surface area (Å²) in [6.07, 6.45) is -33.2. The second kappa shape index (κ2) is 27.4. The molecule has 0 unspecified atom stereocenters. The van der Waals surface area contributed by atoms with Crippen molar-refractivity contribution in [1.29, 1.82) is 0 Å². The number of aryl methyl sites for hydroxylation is 4. The summed E-state index contributed by atoms with van der Waals surface area (Å²) in [6, 6.07) is 15.1. The van der Waals surface area contributed by atoms with Crippen molar-refractivity contribution < 1.29 is 176 Å². The number of hydrogen-bond donors (Lipinski definition) is 2. The first-order chi connectivity index (χ1) is 49.2. The van der Waals surface area contributed by atoms with E-state index in [1.54, 1.807) is 0 Å². The molecule has 9 heterocycles. The fraction of sp³-hybridized carbons (Fsp3) is 0.375.